The second-order valence-electron chi connectivity index (χ2n) is 4.64. The number of rotatable bonds is 6. The van der Waals surface area contributed by atoms with Gasteiger partial charge in [-0.2, -0.15) is 5.10 Å². The van der Waals surface area contributed by atoms with Crippen molar-refractivity contribution in [2.24, 2.45) is 18.7 Å². The zero-order valence-corrected chi connectivity index (χ0v) is 10.1. The first kappa shape index (κ1) is 12.0. The Bertz CT molecular complexity index is 385. The smallest absolute Gasteiger partial charge is 0.221 e. The maximum Gasteiger partial charge on any atom is 0.221 e. The second kappa shape index (κ2) is 5.27. The summed E-state index contributed by atoms with van der Waals surface area (Å²) in [5, 5.41) is 6.98. The van der Waals surface area contributed by atoms with Crippen molar-refractivity contribution in [1.82, 2.24) is 20.1 Å². The highest BCUT2D eigenvalue weighted by atomic mass is 16.1. The van der Waals surface area contributed by atoms with Crippen molar-refractivity contribution in [3.8, 4) is 0 Å². The molecule has 17 heavy (non-hydrogen) atoms. The van der Waals surface area contributed by atoms with Crippen molar-refractivity contribution in [3.63, 3.8) is 0 Å². The maximum atomic E-state index is 11.5. The van der Waals surface area contributed by atoms with Gasteiger partial charge in [0, 0.05) is 32.5 Å². The Kier molecular flexibility index (Phi) is 3.73. The first-order chi connectivity index (χ1) is 8.15. The van der Waals surface area contributed by atoms with Crippen LogP contribution in [-0.4, -0.2) is 33.3 Å². The van der Waals surface area contributed by atoms with Gasteiger partial charge >= 0.3 is 0 Å². The second-order valence-corrected chi connectivity index (χ2v) is 4.64. The number of hydrogen-bond acceptors (Lipinski definition) is 4. The fourth-order valence-electron chi connectivity index (χ4n) is 1.79. The van der Waals surface area contributed by atoms with Crippen molar-refractivity contribution in [1.29, 1.82) is 0 Å². The summed E-state index contributed by atoms with van der Waals surface area (Å²) in [5.74, 6) is 1.35. The van der Waals surface area contributed by atoms with Gasteiger partial charge in [0.15, 0.2) is 5.82 Å². The van der Waals surface area contributed by atoms with Crippen LogP contribution in [0, 0.1) is 5.92 Å². The summed E-state index contributed by atoms with van der Waals surface area (Å²) in [6, 6.07) is 0.0305. The molecule has 1 fully saturated rings. The average Bonchev–Trinajstić information content (AvgIpc) is 3.04. The van der Waals surface area contributed by atoms with Crippen molar-refractivity contribution in [3.05, 3.63) is 12.2 Å². The minimum absolute atomic E-state index is 0.0281. The molecule has 94 valence electrons. The minimum atomic E-state index is 0.0281. The Hall–Kier alpha value is -1.43. The Morgan fingerprint density at radius 1 is 1.71 bits per heavy atom. The van der Waals surface area contributed by atoms with E-state index in [0.29, 0.717) is 25.3 Å². The van der Waals surface area contributed by atoms with Gasteiger partial charge in [-0.15, -0.1) is 0 Å². The Labute approximate surface area is 101 Å². The van der Waals surface area contributed by atoms with E-state index in [0.717, 1.165) is 5.82 Å². The highest BCUT2D eigenvalue weighted by Crippen LogP contribution is 2.32. The molecular weight excluding hydrogens is 218 g/mol. The molecule has 0 saturated heterocycles. The van der Waals surface area contributed by atoms with Crippen LogP contribution in [0.5, 0.6) is 0 Å². The van der Waals surface area contributed by atoms with Crippen LogP contribution in [0.3, 0.4) is 0 Å². The fraction of sp³-hybridized carbons (Fsp3) is 0.727. The number of hydrogen-bond donors (Lipinski definition) is 2. The average molecular weight is 237 g/mol. The van der Waals surface area contributed by atoms with Gasteiger partial charge < -0.3 is 11.1 Å². The molecule has 1 aliphatic carbocycles. The van der Waals surface area contributed by atoms with Gasteiger partial charge in [-0.25, -0.2) is 4.98 Å². The van der Waals surface area contributed by atoms with Crippen molar-refractivity contribution >= 4 is 5.91 Å². The van der Waals surface area contributed by atoms with Crippen LogP contribution in [0.1, 0.15) is 25.1 Å². The molecule has 2 rings (SSSR count). The third-order valence-electron chi connectivity index (χ3n) is 2.97. The molecule has 1 saturated carbocycles. The molecule has 3 N–H and O–H groups in total. The molecule has 1 aliphatic rings. The van der Waals surface area contributed by atoms with Crippen LogP contribution < -0.4 is 11.1 Å². The molecule has 1 amide bonds. The van der Waals surface area contributed by atoms with Gasteiger partial charge in [-0.3, -0.25) is 9.48 Å². The van der Waals surface area contributed by atoms with Gasteiger partial charge in [0.05, 0.1) is 0 Å². The number of nitrogens with zero attached hydrogens (tertiary/aromatic N) is 3. The Balaban J connectivity index is 1.62. The monoisotopic (exact) mass is 237 g/mol. The highest BCUT2D eigenvalue weighted by molar-refractivity contribution is 5.76. The van der Waals surface area contributed by atoms with Crippen molar-refractivity contribution < 1.29 is 4.79 Å². The molecular formula is C11H19N5O. The number of carbonyl (C=O) groups excluding carboxylic acids is 1. The van der Waals surface area contributed by atoms with E-state index in [9.17, 15) is 4.79 Å². The number of aromatic nitrogens is 3. The molecule has 1 aromatic rings. The van der Waals surface area contributed by atoms with Crippen molar-refractivity contribution in [2.75, 3.05) is 6.54 Å². The molecule has 1 unspecified atom stereocenters. The molecule has 0 radical (unpaired) electrons. The number of nitrogens with one attached hydrogen (secondary N) is 1. The summed E-state index contributed by atoms with van der Waals surface area (Å²) in [4.78, 5) is 15.6. The molecule has 6 nitrogen and oxygen atoms in total. The standard InChI is InChI=1S/C11H19N5O/c1-16-7-14-10(15-16)4-5-13-11(17)6-9(12)8-2-3-8/h7-9H,2-6,12H2,1H3,(H,13,17). The SMILES string of the molecule is Cn1cnc(CCNC(=O)CC(N)C2CC2)n1. The maximum absolute atomic E-state index is 11.5. The molecule has 1 aromatic heterocycles. The predicted molar refractivity (Wildman–Crippen MR) is 63.0 cm³/mol. The lowest BCUT2D eigenvalue weighted by Crippen LogP contribution is -2.34. The summed E-state index contributed by atoms with van der Waals surface area (Å²) in [6.07, 6.45) is 5.09. The predicted octanol–water partition coefficient (Wildman–Crippen LogP) is -0.399. The molecule has 0 spiro atoms. The van der Waals surface area contributed by atoms with Crippen LogP contribution in [0.4, 0.5) is 0 Å². The third kappa shape index (κ3) is 3.81. The van der Waals surface area contributed by atoms with Crippen LogP contribution >= 0.6 is 0 Å². The number of nitrogens with two attached hydrogens (primary N) is 1. The van der Waals surface area contributed by atoms with E-state index in [2.05, 4.69) is 15.4 Å². The lowest BCUT2D eigenvalue weighted by atomic mass is 10.1. The summed E-state index contributed by atoms with van der Waals surface area (Å²) in [7, 11) is 1.82. The van der Waals surface area contributed by atoms with Gasteiger partial charge in [0.1, 0.15) is 6.33 Å². The topological polar surface area (TPSA) is 85.8 Å². The first-order valence-electron chi connectivity index (χ1n) is 6.02. The van der Waals surface area contributed by atoms with Gasteiger partial charge in [-0.05, 0) is 18.8 Å². The lowest BCUT2D eigenvalue weighted by molar-refractivity contribution is -0.121. The van der Waals surface area contributed by atoms with Gasteiger partial charge in [-0.1, -0.05) is 0 Å². The summed E-state index contributed by atoms with van der Waals surface area (Å²) in [5.41, 5.74) is 5.88. The van der Waals surface area contributed by atoms with E-state index < -0.39 is 0 Å². The molecule has 0 bridgehead atoms. The molecule has 1 heterocycles. The molecule has 0 aromatic carbocycles. The molecule has 6 heteroatoms. The van der Waals surface area contributed by atoms with E-state index in [1.165, 1.54) is 12.8 Å². The summed E-state index contributed by atoms with van der Waals surface area (Å²) >= 11 is 0. The Morgan fingerprint density at radius 2 is 2.47 bits per heavy atom. The lowest BCUT2D eigenvalue weighted by Gasteiger charge is -2.09. The van der Waals surface area contributed by atoms with Gasteiger partial charge in [0.25, 0.3) is 0 Å². The van der Waals surface area contributed by atoms with Crippen LogP contribution in [0.2, 0.25) is 0 Å². The highest BCUT2D eigenvalue weighted by Gasteiger charge is 2.29. The largest absolute Gasteiger partial charge is 0.356 e. The van der Waals surface area contributed by atoms with Crippen molar-refractivity contribution in [2.45, 2.75) is 31.7 Å². The van der Waals surface area contributed by atoms with E-state index in [1.807, 2.05) is 7.05 Å². The van der Waals surface area contributed by atoms with Crippen LogP contribution in [0.25, 0.3) is 0 Å². The van der Waals surface area contributed by atoms with Crippen LogP contribution in [-0.2, 0) is 18.3 Å². The van der Waals surface area contributed by atoms with E-state index in [-0.39, 0.29) is 11.9 Å². The van der Waals surface area contributed by atoms with E-state index in [4.69, 9.17) is 5.73 Å². The third-order valence-corrected chi connectivity index (χ3v) is 2.97. The number of carbonyl (C=O) groups is 1. The quantitative estimate of drug-likeness (QED) is 0.705. The van der Waals surface area contributed by atoms with E-state index >= 15 is 0 Å². The molecule has 1 atom stereocenters. The van der Waals surface area contributed by atoms with Gasteiger partial charge in [0.2, 0.25) is 5.91 Å². The zero-order valence-electron chi connectivity index (χ0n) is 10.1. The van der Waals surface area contributed by atoms with E-state index in [1.54, 1.807) is 11.0 Å². The molecule has 0 aliphatic heterocycles. The summed E-state index contributed by atoms with van der Waals surface area (Å²) in [6.45, 7) is 0.570. The van der Waals surface area contributed by atoms with Crippen LogP contribution in [0.15, 0.2) is 6.33 Å². The first-order valence-corrected chi connectivity index (χ1v) is 6.02. The fourth-order valence-corrected chi connectivity index (χ4v) is 1.79. The normalized spacial score (nSPS) is 16.8. The minimum Gasteiger partial charge on any atom is -0.356 e. The Morgan fingerprint density at radius 3 is 3.06 bits per heavy atom. The zero-order chi connectivity index (χ0) is 12.3. The number of aryl methyl sites for hydroxylation is 1. The number of amides is 1. The summed E-state index contributed by atoms with van der Waals surface area (Å²) < 4.78 is 1.65.